The van der Waals surface area contributed by atoms with Crippen LogP contribution < -0.4 is 21.6 Å². The fraction of sp³-hybridized carbons (Fsp3) is 0.429. The third-order valence-corrected chi connectivity index (χ3v) is 4.45. The quantitative estimate of drug-likeness (QED) is 0.194. The van der Waals surface area contributed by atoms with E-state index in [1.54, 1.807) is 6.26 Å². The molecule has 2 unspecified atom stereocenters. The van der Waals surface area contributed by atoms with Gasteiger partial charge in [-0.1, -0.05) is 0 Å². The van der Waals surface area contributed by atoms with Crippen molar-refractivity contribution in [1.29, 1.82) is 0 Å². The molecule has 0 N–H and O–H groups in total. The molecule has 1 aliphatic carbocycles. The summed E-state index contributed by atoms with van der Waals surface area (Å²) in [5.41, 5.74) is 11.0. The summed E-state index contributed by atoms with van der Waals surface area (Å²) in [5, 5.41) is 4.06. The summed E-state index contributed by atoms with van der Waals surface area (Å²) < 4.78 is 5.42. The Hall–Kier alpha value is -1.20. The molecule has 2 atom stereocenters. The Labute approximate surface area is 124 Å². The van der Waals surface area contributed by atoms with Crippen LogP contribution in [0.4, 0.5) is 0 Å². The van der Waals surface area contributed by atoms with Crippen LogP contribution in [0.5, 0.6) is 0 Å². The molecule has 102 valence electrons. The van der Waals surface area contributed by atoms with E-state index in [0.29, 0.717) is 0 Å². The van der Waals surface area contributed by atoms with Crippen molar-refractivity contribution in [3.8, 4) is 0 Å². The number of hydrogen-bond acceptors (Lipinski definition) is 2. The van der Waals surface area contributed by atoms with Crippen molar-refractivity contribution in [2.45, 2.75) is 31.2 Å². The summed E-state index contributed by atoms with van der Waals surface area (Å²) in [6.45, 7) is 2.03. The van der Waals surface area contributed by atoms with E-state index in [1.807, 2.05) is 19.1 Å². The first-order valence-electron chi connectivity index (χ1n) is 6.17. The van der Waals surface area contributed by atoms with Crippen LogP contribution in [0.1, 0.15) is 30.4 Å². The van der Waals surface area contributed by atoms with E-state index in [2.05, 4.69) is 33.2 Å². The number of halogens is 1. The van der Waals surface area contributed by atoms with Gasteiger partial charge in [0.1, 0.15) is 0 Å². The fourth-order valence-corrected chi connectivity index (χ4v) is 3.09. The molecule has 2 rings (SSSR count). The molecule has 0 amide bonds. The van der Waals surface area contributed by atoms with Crippen LogP contribution in [-0.4, -0.2) is 10.5 Å². The second-order valence-electron chi connectivity index (χ2n) is 4.80. The molecule has 1 aliphatic rings. The molecule has 0 spiro atoms. The first-order valence-corrected chi connectivity index (χ1v) is 9.21. The Morgan fingerprint density at radius 3 is 3.05 bits per heavy atom. The number of fused-ring (bicyclic) bond motifs is 1. The molecule has 0 radical (unpaired) electrons. The second-order valence-corrected chi connectivity index (χ2v) is 6.18. The fourth-order valence-electron chi connectivity index (χ4n) is 2.63. The molecule has 0 saturated carbocycles. The summed E-state index contributed by atoms with van der Waals surface area (Å²) in [7, 11) is 0. The molecule has 0 aliphatic heterocycles. The molecule has 5 heteroatoms. The van der Waals surface area contributed by atoms with Gasteiger partial charge in [0.25, 0.3) is 0 Å². The number of rotatable bonds is 4. The molecule has 0 aromatic heterocycles. The average Bonchev–Trinajstić information content (AvgIpc) is 2.42. The van der Waals surface area contributed by atoms with Crippen LogP contribution in [0.3, 0.4) is 0 Å². The second kappa shape index (κ2) is 6.30. The van der Waals surface area contributed by atoms with Gasteiger partial charge in [-0.25, -0.2) is 0 Å². The predicted molar refractivity (Wildman–Crippen MR) is 71.2 cm³/mol. The zero-order valence-corrected chi connectivity index (χ0v) is 13.2. The summed E-state index contributed by atoms with van der Waals surface area (Å²) in [4.78, 5) is 5.10. The number of benzene rings is 1. The van der Waals surface area contributed by atoms with Crippen LogP contribution in [-0.2, 0) is 9.49 Å². The van der Waals surface area contributed by atoms with Crippen molar-refractivity contribution in [2.24, 2.45) is 5.11 Å². The number of azide groups is 1. The molecule has 0 bridgehead atoms. The SMILES string of the molecule is C[I-]OC=CC1c2ccccc2CCC1(C)N=[N+]=[N-]. The zero-order chi connectivity index (χ0) is 13.7. The number of alkyl halides is 1. The minimum atomic E-state index is -0.408. The van der Waals surface area contributed by atoms with E-state index in [0.717, 1.165) is 12.8 Å². The van der Waals surface area contributed by atoms with Crippen molar-refractivity contribution < 1.29 is 24.7 Å². The minimum absolute atomic E-state index is 0.0870. The predicted octanol–water partition coefficient (Wildman–Crippen LogP) is 0.950. The summed E-state index contributed by atoms with van der Waals surface area (Å²) in [6.07, 6.45) is 5.63. The summed E-state index contributed by atoms with van der Waals surface area (Å²) in [5.74, 6) is 0.0870. The molecule has 0 fully saturated rings. The molecule has 1 aromatic rings. The van der Waals surface area contributed by atoms with Crippen LogP contribution in [0.2, 0.25) is 0 Å². The van der Waals surface area contributed by atoms with Crippen molar-refractivity contribution >= 4 is 0 Å². The van der Waals surface area contributed by atoms with E-state index in [1.165, 1.54) is 11.1 Å². The van der Waals surface area contributed by atoms with E-state index < -0.39 is 5.54 Å². The van der Waals surface area contributed by atoms with Gasteiger partial charge in [0.2, 0.25) is 0 Å². The normalized spacial score (nSPS) is 25.9. The Bertz CT molecular complexity index is 525. The molecule has 1 aromatic carbocycles. The van der Waals surface area contributed by atoms with Crippen molar-refractivity contribution in [3.63, 3.8) is 0 Å². The van der Waals surface area contributed by atoms with Gasteiger partial charge in [-0.05, 0) is 0 Å². The molecular weight excluding hydrogens is 353 g/mol. The van der Waals surface area contributed by atoms with Crippen LogP contribution in [0.15, 0.2) is 41.7 Å². The Morgan fingerprint density at radius 1 is 1.53 bits per heavy atom. The average molecular weight is 370 g/mol. The first kappa shape index (κ1) is 14.2. The van der Waals surface area contributed by atoms with Crippen molar-refractivity contribution in [1.82, 2.24) is 0 Å². The first-order chi connectivity index (χ1) is 9.21. The number of aryl methyl sites for hydroxylation is 1. The van der Waals surface area contributed by atoms with E-state index >= 15 is 0 Å². The van der Waals surface area contributed by atoms with E-state index in [4.69, 9.17) is 8.60 Å². The molecular formula is C14H17IN3O-. The Kier molecular flexibility index (Phi) is 4.71. The van der Waals surface area contributed by atoms with Crippen molar-refractivity contribution in [3.05, 3.63) is 58.2 Å². The van der Waals surface area contributed by atoms with Gasteiger partial charge in [0, 0.05) is 0 Å². The number of hydrogen-bond donors (Lipinski definition) is 0. The molecule has 4 nitrogen and oxygen atoms in total. The number of nitrogens with zero attached hydrogens (tertiary/aromatic N) is 3. The van der Waals surface area contributed by atoms with Gasteiger partial charge in [0.05, 0.1) is 0 Å². The van der Waals surface area contributed by atoms with Gasteiger partial charge in [-0.2, -0.15) is 0 Å². The van der Waals surface area contributed by atoms with Crippen LogP contribution in [0.25, 0.3) is 10.4 Å². The van der Waals surface area contributed by atoms with E-state index in [9.17, 15) is 0 Å². The molecule has 19 heavy (non-hydrogen) atoms. The Morgan fingerprint density at radius 2 is 2.32 bits per heavy atom. The monoisotopic (exact) mass is 370 g/mol. The standard InChI is InChI=1S/C14H17IN3O/c1-14(17-18-16)9-7-11-5-3-4-6-12(11)13(14)8-10-19-15-2/h3-6,8,10,13H,7,9H2,1-2H3/q-1. The zero-order valence-electron chi connectivity index (χ0n) is 11.1. The van der Waals surface area contributed by atoms with E-state index in [-0.39, 0.29) is 27.5 Å². The van der Waals surface area contributed by atoms with Gasteiger partial charge in [0.15, 0.2) is 0 Å². The maximum absolute atomic E-state index is 8.83. The van der Waals surface area contributed by atoms with Crippen LogP contribution in [0, 0.1) is 0 Å². The van der Waals surface area contributed by atoms with Gasteiger partial charge >= 0.3 is 124 Å². The van der Waals surface area contributed by atoms with Crippen LogP contribution >= 0.6 is 0 Å². The van der Waals surface area contributed by atoms with Gasteiger partial charge in [-0.15, -0.1) is 0 Å². The third kappa shape index (κ3) is 3.04. The maximum atomic E-state index is 8.83. The van der Waals surface area contributed by atoms with Gasteiger partial charge in [-0.3, -0.25) is 0 Å². The summed E-state index contributed by atoms with van der Waals surface area (Å²) >= 11 is -0.220. The molecule has 0 heterocycles. The molecule has 0 saturated heterocycles. The topological polar surface area (TPSA) is 58.0 Å². The third-order valence-electron chi connectivity index (χ3n) is 3.65. The van der Waals surface area contributed by atoms with Gasteiger partial charge < -0.3 is 0 Å². The Balaban J connectivity index is 2.42. The summed E-state index contributed by atoms with van der Waals surface area (Å²) in [6, 6.07) is 8.37. The van der Waals surface area contributed by atoms with Crippen molar-refractivity contribution in [2.75, 3.05) is 4.93 Å².